The molecule has 0 radical (unpaired) electrons. The molecular weight excluding hydrogens is 310 g/mol. The first kappa shape index (κ1) is 15.9. The standard InChI is InChI=1S/C17H17N3O4/c1-3-14-18-8-9-19(14)11(2)10-15(21)24-20-16(22)12-6-4-5-7-13(12)17(20)23/h4-9,11H,3,10H2,1-2H3. The van der Waals surface area contributed by atoms with Gasteiger partial charge in [-0.15, -0.1) is 0 Å². The van der Waals surface area contributed by atoms with Crippen molar-refractivity contribution in [3.05, 3.63) is 53.6 Å². The molecule has 0 bridgehead atoms. The van der Waals surface area contributed by atoms with Crippen molar-refractivity contribution in [1.82, 2.24) is 14.6 Å². The SMILES string of the molecule is CCc1nccn1C(C)CC(=O)ON1C(=O)c2ccccc2C1=O. The van der Waals surface area contributed by atoms with Crippen molar-refractivity contribution in [2.75, 3.05) is 0 Å². The summed E-state index contributed by atoms with van der Waals surface area (Å²) in [4.78, 5) is 45.7. The molecule has 3 rings (SSSR count). The first-order valence-corrected chi connectivity index (χ1v) is 7.73. The van der Waals surface area contributed by atoms with Crippen LogP contribution >= 0.6 is 0 Å². The molecule has 1 aromatic heterocycles. The van der Waals surface area contributed by atoms with E-state index in [-0.39, 0.29) is 23.6 Å². The smallest absolute Gasteiger partial charge is 0.332 e. The van der Waals surface area contributed by atoms with Gasteiger partial charge in [-0.3, -0.25) is 9.59 Å². The molecule has 1 aliphatic rings. The van der Waals surface area contributed by atoms with Crippen LogP contribution in [-0.4, -0.2) is 32.4 Å². The molecule has 1 aromatic carbocycles. The van der Waals surface area contributed by atoms with E-state index >= 15 is 0 Å². The Morgan fingerprint density at radius 3 is 2.42 bits per heavy atom. The fraction of sp³-hybridized carbons (Fsp3) is 0.294. The molecule has 24 heavy (non-hydrogen) atoms. The number of carbonyl (C=O) groups excluding carboxylic acids is 3. The van der Waals surface area contributed by atoms with Crippen molar-refractivity contribution in [3.63, 3.8) is 0 Å². The second-order valence-electron chi connectivity index (χ2n) is 5.57. The third-order valence-electron chi connectivity index (χ3n) is 3.95. The van der Waals surface area contributed by atoms with Gasteiger partial charge < -0.3 is 9.40 Å². The number of imide groups is 1. The minimum Gasteiger partial charge on any atom is -0.332 e. The topological polar surface area (TPSA) is 81.5 Å². The van der Waals surface area contributed by atoms with Gasteiger partial charge in [0.05, 0.1) is 17.5 Å². The normalized spacial score (nSPS) is 14.7. The second kappa shape index (κ2) is 6.27. The molecule has 2 amide bonds. The number of benzene rings is 1. The largest absolute Gasteiger partial charge is 0.335 e. The Balaban J connectivity index is 1.68. The Kier molecular flexibility index (Phi) is 4.16. The van der Waals surface area contributed by atoms with Gasteiger partial charge >= 0.3 is 5.97 Å². The maximum Gasteiger partial charge on any atom is 0.335 e. The van der Waals surface area contributed by atoms with Gasteiger partial charge in [0.25, 0.3) is 11.8 Å². The highest BCUT2D eigenvalue weighted by atomic mass is 16.7. The lowest BCUT2D eigenvalue weighted by atomic mass is 10.1. The highest BCUT2D eigenvalue weighted by molar-refractivity contribution is 6.20. The van der Waals surface area contributed by atoms with Crippen LogP contribution in [0.4, 0.5) is 0 Å². The molecule has 1 unspecified atom stereocenters. The van der Waals surface area contributed by atoms with Crippen molar-refractivity contribution in [1.29, 1.82) is 0 Å². The van der Waals surface area contributed by atoms with E-state index in [4.69, 9.17) is 4.84 Å². The summed E-state index contributed by atoms with van der Waals surface area (Å²) >= 11 is 0. The number of aryl methyl sites for hydroxylation is 1. The number of nitrogens with zero attached hydrogens (tertiary/aromatic N) is 3. The first-order chi connectivity index (χ1) is 11.5. The van der Waals surface area contributed by atoms with E-state index in [1.54, 1.807) is 24.5 Å². The maximum atomic E-state index is 12.2. The zero-order valence-electron chi connectivity index (χ0n) is 13.4. The summed E-state index contributed by atoms with van der Waals surface area (Å²) in [6.45, 7) is 3.83. The number of imidazole rings is 1. The van der Waals surface area contributed by atoms with Gasteiger partial charge in [-0.2, -0.15) is 0 Å². The molecular formula is C17H17N3O4. The van der Waals surface area contributed by atoms with E-state index in [0.717, 1.165) is 12.2 Å². The van der Waals surface area contributed by atoms with Gasteiger partial charge in [-0.1, -0.05) is 24.1 Å². The number of hydrogen-bond donors (Lipinski definition) is 0. The molecule has 1 aliphatic heterocycles. The van der Waals surface area contributed by atoms with E-state index in [9.17, 15) is 14.4 Å². The van der Waals surface area contributed by atoms with E-state index in [2.05, 4.69) is 4.98 Å². The number of rotatable bonds is 5. The number of amides is 2. The summed E-state index contributed by atoms with van der Waals surface area (Å²) in [5.74, 6) is -1.02. The van der Waals surface area contributed by atoms with Gasteiger partial charge in [0.1, 0.15) is 5.82 Å². The van der Waals surface area contributed by atoms with Crippen LogP contribution in [0, 0.1) is 0 Å². The minimum atomic E-state index is -0.646. The Hall–Kier alpha value is -2.96. The molecule has 0 fully saturated rings. The fourth-order valence-corrected chi connectivity index (χ4v) is 2.75. The summed E-state index contributed by atoms with van der Waals surface area (Å²) in [6.07, 6.45) is 4.23. The van der Waals surface area contributed by atoms with Crippen LogP contribution in [-0.2, 0) is 16.1 Å². The zero-order chi connectivity index (χ0) is 17.3. The maximum absolute atomic E-state index is 12.2. The minimum absolute atomic E-state index is 0.0246. The summed E-state index contributed by atoms with van der Waals surface area (Å²) in [6, 6.07) is 6.19. The predicted octanol–water partition coefficient (Wildman–Crippen LogP) is 2.15. The van der Waals surface area contributed by atoms with E-state index in [0.29, 0.717) is 5.06 Å². The molecule has 0 aliphatic carbocycles. The van der Waals surface area contributed by atoms with Gasteiger partial charge in [0, 0.05) is 24.9 Å². The van der Waals surface area contributed by atoms with Crippen LogP contribution in [0.2, 0.25) is 0 Å². The molecule has 124 valence electrons. The average Bonchev–Trinajstić information content (AvgIpc) is 3.14. The quantitative estimate of drug-likeness (QED) is 0.786. The number of hydrogen-bond acceptors (Lipinski definition) is 5. The van der Waals surface area contributed by atoms with E-state index in [1.165, 1.54) is 12.1 Å². The highest BCUT2D eigenvalue weighted by Crippen LogP contribution is 2.23. The van der Waals surface area contributed by atoms with Crippen LogP contribution in [0.5, 0.6) is 0 Å². The Morgan fingerprint density at radius 1 is 1.21 bits per heavy atom. The van der Waals surface area contributed by atoms with Gasteiger partial charge in [-0.05, 0) is 19.1 Å². The second-order valence-corrected chi connectivity index (χ2v) is 5.57. The fourth-order valence-electron chi connectivity index (χ4n) is 2.75. The lowest BCUT2D eigenvalue weighted by Crippen LogP contribution is -2.33. The van der Waals surface area contributed by atoms with Gasteiger partial charge in [-0.25, -0.2) is 9.78 Å². The third kappa shape index (κ3) is 2.68. The number of fused-ring (bicyclic) bond motifs is 1. The van der Waals surface area contributed by atoms with Crippen LogP contribution in [0.25, 0.3) is 0 Å². The zero-order valence-corrected chi connectivity index (χ0v) is 13.4. The number of carbonyl (C=O) groups is 3. The Labute approximate surface area is 138 Å². The van der Waals surface area contributed by atoms with E-state index in [1.807, 2.05) is 18.4 Å². The van der Waals surface area contributed by atoms with Crippen LogP contribution in [0.15, 0.2) is 36.7 Å². The number of aromatic nitrogens is 2. The number of hydroxylamine groups is 2. The molecule has 2 aromatic rings. The lowest BCUT2D eigenvalue weighted by Gasteiger charge is -2.17. The third-order valence-corrected chi connectivity index (χ3v) is 3.95. The molecule has 1 atom stereocenters. The van der Waals surface area contributed by atoms with Gasteiger partial charge in [0.2, 0.25) is 0 Å². The van der Waals surface area contributed by atoms with Crippen LogP contribution in [0.3, 0.4) is 0 Å². The Morgan fingerprint density at radius 2 is 1.83 bits per heavy atom. The lowest BCUT2D eigenvalue weighted by molar-refractivity contribution is -0.169. The van der Waals surface area contributed by atoms with Crippen LogP contribution < -0.4 is 0 Å². The monoisotopic (exact) mass is 327 g/mol. The molecule has 0 saturated carbocycles. The molecule has 7 nitrogen and oxygen atoms in total. The van der Waals surface area contributed by atoms with Crippen molar-refractivity contribution < 1.29 is 19.2 Å². The van der Waals surface area contributed by atoms with Crippen molar-refractivity contribution in [3.8, 4) is 0 Å². The first-order valence-electron chi connectivity index (χ1n) is 7.73. The molecule has 0 N–H and O–H groups in total. The van der Waals surface area contributed by atoms with Crippen molar-refractivity contribution >= 4 is 17.8 Å². The summed E-state index contributed by atoms with van der Waals surface area (Å²) in [5, 5.41) is 0.536. The summed E-state index contributed by atoms with van der Waals surface area (Å²) < 4.78 is 1.88. The Bertz CT molecular complexity index is 777. The average molecular weight is 327 g/mol. The molecule has 0 saturated heterocycles. The highest BCUT2D eigenvalue weighted by Gasteiger charge is 2.38. The van der Waals surface area contributed by atoms with Gasteiger partial charge in [0.15, 0.2) is 0 Å². The molecule has 2 heterocycles. The van der Waals surface area contributed by atoms with Crippen molar-refractivity contribution in [2.24, 2.45) is 0 Å². The molecule has 0 spiro atoms. The van der Waals surface area contributed by atoms with E-state index < -0.39 is 17.8 Å². The summed E-state index contributed by atoms with van der Waals surface area (Å²) in [5.41, 5.74) is 0.484. The summed E-state index contributed by atoms with van der Waals surface area (Å²) in [7, 11) is 0. The predicted molar refractivity (Wildman–Crippen MR) is 84.0 cm³/mol. The van der Waals surface area contributed by atoms with Crippen LogP contribution in [0.1, 0.15) is 52.9 Å². The molecule has 7 heteroatoms. The van der Waals surface area contributed by atoms with Crippen molar-refractivity contribution in [2.45, 2.75) is 32.7 Å².